The Morgan fingerprint density at radius 2 is 0.649 bits per heavy atom. The van der Waals surface area contributed by atoms with Crippen LogP contribution in [-0.2, 0) is 21.7 Å². The lowest BCUT2D eigenvalue weighted by Crippen LogP contribution is -2.13. The summed E-state index contributed by atoms with van der Waals surface area (Å²) in [6.07, 6.45) is 0. The summed E-state index contributed by atoms with van der Waals surface area (Å²) >= 11 is 20.3. The molecule has 4 nitrogen and oxygen atoms in total. The highest BCUT2D eigenvalue weighted by molar-refractivity contribution is 8.01. The molecule has 0 radical (unpaired) electrons. The highest BCUT2D eigenvalue weighted by Crippen LogP contribution is 2.56. The van der Waals surface area contributed by atoms with Crippen molar-refractivity contribution in [1.29, 1.82) is 0 Å². The third-order valence-electron chi connectivity index (χ3n) is 11.3. The van der Waals surface area contributed by atoms with Crippen LogP contribution in [0.5, 0.6) is 23.0 Å². The normalized spacial score (nSPS) is 12.2. The van der Waals surface area contributed by atoms with Crippen LogP contribution in [0.15, 0.2) is 148 Å². The van der Waals surface area contributed by atoms with Gasteiger partial charge in [0, 0.05) is 11.1 Å². The average molecular weight is 1120 g/mol. The van der Waals surface area contributed by atoms with Crippen molar-refractivity contribution in [2.45, 2.75) is 148 Å². The van der Waals surface area contributed by atoms with E-state index in [1.807, 2.05) is 60.7 Å². The van der Waals surface area contributed by atoms with Crippen molar-refractivity contribution in [3.63, 3.8) is 0 Å². The molecule has 0 aromatic heterocycles. The van der Waals surface area contributed by atoms with Gasteiger partial charge in [-0.1, -0.05) is 213 Å². The molecule has 1 aliphatic heterocycles. The van der Waals surface area contributed by atoms with Crippen LogP contribution < -0.4 is 9.47 Å². The Kier molecular flexibility index (Phi) is 19.9. The minimum Gasteiger partial charge on any atom is -0.506 e. The summed E-state index contributed by atoms with van der Waals surface area (Å²) in [5.74, 6) is 25.9. The molecule has 0 fully saturated rings. The minimum absolute atomic E-state index is 0.0706. The lowest BCUT2D eigenvalue weighted by atomic mass is 9.87. The molecule has 74 heavy (non-hydrogen) atoms. The summed E-state index contributed by atoms with van der Waals surface area (Å²) < 4.78 is 12.7. The lowest BCUT2D eigenvalue weighted by molar-refractivity contribution is 0.351. The van der Waals surface area contributed by atoms with Crippen molar-refractivity contribution < 1.29 is 19.7 Å². The number of phenols is 2. The van der Waals surface area contributed by atoms with Crippen LogP contribution in [0.25, 0.3) is 0 Å². The molecular formula is C63H61Cl3O4S4. The summed E-state index contributed by atoms with van der Waals surface area (Å²) in [7, 11) is 0. The van der Waals surface area contributed by atoms with Crippen molar-refractivity contribution >= 4 is 81.9 Å². The van der Waals surface area contributed by atoms with Crippen molar-refractivity contribution in [2.75, 3.05) is 13.2 Å². The molecule has 8 bridgehead atoms. The standard InChI is InChI=1S/C62H60O4S4.CHCl3/c1-59(2,3)43-33-47-55(63)48(34-43)68-52-38-46(62(10,11)12)40-54(58(52)66-32-24-16-22-30-42-27-19-14-20-28-42)70-50-36-44(60(4,5)6)35-49(56(50)64)69-53-39-45(61(7,8)9)37-51(67-47)57(53)65-31-23-15-21-29-41-25-17-13-18-26-41;2-1(3)4/h13-14,17-20,25-28,33-40,63-64H,31-32H2,1-12H3;1H. The zero-order valence-electron chi connectivity index (χ0n) is 43.9. The van der Waals surface area contributed by atoms with E-state index < -0.39 is 4.30 Å². The number of rotatable bonds is 4. The number of hydrogen-bond donors (Lipinski definition) is 2. The van der Waals surface area contributed by atoms with E-state index in [1.54, 1.807) is 0 Å². The first-order chi connectivity index (χ1) is 34.8. The minimum atomic E-state index is -0.750. The predicted molar refractivity (Wildman–Crippen MR) is 315 cm³/mol. The molecule has 0 saturated carbocycles. The highest BCUT2D eigenvalue weighted by Gasteiger charge is 2.29. The third kappa shape index (κ3) is 16.5. The van der Waals surface area contributed by atoms with Crippen LogP contribution in [0.1, 0.15) is 116 Å². The molecule has 0 amide bonds. The quantitative estimate of drug-likeness (QED) is 0.134. The molecule has 1 heterocycles. The number of aromatic hydroxyl groups is 2. The van der Waals surface area contributed by atoms with Gasteiger partial charge in [0.1, 0.15) is 36.2 Å². The summed E-state index contributed by atoms with van der Waals surface area (Å²) in [6, 6.07) is 36.6. The lowest BCUT2D eigenvalue weighted by Gasteiger charge is -2.27. The van der Waals surface area contributed by atoms with Crippen LogP contribution in [0.4, 0.5) is 0 Å². The second-order valence-corrected chi connectivity index (χ2v) is 27.6. The molecular weight excluding hydrogens is 1060 g/mol. The monoisotopic (exact) mass is 1110 g/mol. The maximum atomic E-state index is 12.6. The first-order valence-electron chi connectivity index (χ1n) is 23.9. The van der Waals surface area contributed by atoms with Crippen LogP contribution in [0, 0.1) is 47.4 Å². The first kappa shape index (κ1) is 58.3. The summed E-state index contributed by atoms with van der Waals surface area (Å²) in [4.78, 5) is 5.97. The Labute approximate surface area is 472 Å². The molecule has 0 atom stereocenters. The molecule has 7 rings (SSSR count). The number of fused-ring (bicyclic) bond motifs is 8. The van der Waals surface area contributed by atoms with E-state index in [-0.39, 0.29) is 46.4 Å². The third-order valence-corrected chi connectivity index (χ3v) is 15.5. The van der Waals surface area contributed by atoms with Gasteiger partial charge < -0.3 is 19.7 Å². The van der Waals surface area contributed by atoms with Gasteiger partial charge in [0.15, 0.2) is 4.30 Å². The number of hydrogen-bond acceptors (Lipinski definition) is 8. The number of benzene rings is 6. The Balaban J connectivity index is 0.00000215. The number of alkyl halides is 3. The van der Waals surface area contributed by atoms with Gasteiger partial charge >= 0.3 is 0 Å². The molecule has 6 aromatic carbocycles. The Hall–Kier alpha value is -4.97. The van der Waals surface area contributed by atoms with E-state index >= 15 is 0 Å². The second-order valence-electron chi connectivity index (χ2n) is 21.3. The van der Waals surface area contributed by atoms with Crippen molar-refractivity contribution in [3.8, 4) is 70.4 Å². The first-order valence-corrected chi connectivity index (χ1v) is 28.4. The van der Waals surface area contributed by atoms with Gasteiger partial charge in [0.2, 0.25) is 0 Å². The van der Waals surface area contributed by atoms with Crippen molar-refractivity contribution in [1.82, 2.24) is 0 Å². The molecule has 382 valence electrons. The molecule has 0 aliphatic carbocycles. The molecule has 11 heteroatoms. The zero-order valence-corrected chi connectivity index (χ0v) is 49.4. The molecule has 6 aromatic rings. The maximum Gasteiger partial charge on any atom is 0.180 e. The van der Waals surface area contributed by atoms with Crippen molar-refractivity contribution in [2.24, 2.45) is 0 Å². The highest BCUT2D eigenvalue weighted by atomic mass is 35.6. The number of halogens is 3. The van der Waals surface area contributed by atoms with E-state index in [4.69, 9.17) is 44.3 Å². The summed E-state index contributed by atoms with van der Waals surface area (Å²) in [6.45, 7) is 26.4. The smallest absolute Gasteiger partial charge is 0.180 e. The fraction of sp³-hybridized carbons (Fsp3) is 0.302. The van der Waals surface area contributed by atoms with Gasteiger partial charge in [-0.15, -0.1) is 0 Å². The number of ether oxygens (including phenoxy) is 2. The Bertz CT molecular complexity index is 2930. The largest absolute Gasteiger partial charge is 0.506 e. The van der Waals surface area contributed by atoms with Gasteiger partial charge in [-0.2, -0.15) is 0 Å². The molecule has 1 aliphatic rings. The van der Waals surface area contributed by atoms with E-state index in [2.05, 4.69) is 179 Å². The van der Waals surface area contributed by atoms with Gasteiger partial charge in [0.25, 0.3) is 0 Å². The summed E-state index contributed by atoms with van der Waals surface area (Å²) in [5, 5.41) is 25.2. The predicted octanol–water partition coefficient (Wildman–Crippen LogP) is 18.1. The number of phenolic OH excluding ortho intramolecular Hbond substituents is 2. The molecule has 0 saturated heterocycles. The SMILES string of the molecule is CC(C)(C)c1cc2c(O)c(c1)Sc1cc(C(C)(C)C)cc(c1OCC#CC#Cc1ccccc1)Sc1cc(C(C)(C)C)cc(c1O)Sc1cc(C(C)(C)C)cc(c1OCC#CC#Cc1ccccc1)S2.ClC(Cl)Cl. The van der Waals surface area contributed by atoms with Crippen LogP contribution in [0.2, 0.25) is 0 Å². The van der Waals surface area contributed by atoms with E-state index in [0.29, 0.717) is 31.1 Å². The van der Waals surface area contributed by atoms with Gasteiger partial charge in [-0.25, -0.2) is 0 Å². The van der Waals surface area contributed by atoms with Gasteiger partial charge in [0.05, 0.1) is 39.2 Å². The molecule has 0 spiro atoms. The Morgan fingerprint density at radius 1 is 0.405 bits per heavy atom. The topological polar surface area (TPSA) is 58.9 Å². The fourth-order valence-corrected chi connectivity index (χ4v) is 11.6. The summed E-state index contributed by atoms with van der Waals surface area (Å²) in [5.41, 5.74) is 5.00. The van der Waals surface area contributed by atoms with Crippen LogP contribution in [-0.4, -0.2) is 27.7 Å². The average Bonchev–Trinajstić information content (AvgIpc) is 3.31. The van der Waals surface area contributed by atoms with E-state index in [1.165, 1.54) is 47.0 Å². The van der Waals surface area contributed by atoms with Gasteiger partial charge in [-0.3, -0.25) is 0 Å². The van der Waals surface area contributed by atoms with Crippen molar-refractivity contribution in [3.05, 3.63) is 143 Å². The van der Waals surface area contributed by atoms with E-state index in [9.17, 15) is 10.2 Å². The van der Waals surface area contributed by atoms with Crippen LogP contribution >= 0.6 is 81.9 Å². The zero-order chi connectivity index (χ0) is 54.0. The second kappa shape index (κ2) is 25.2. The van der Waals surface area contributed by atoms with E-state index in [0.717, 1.165) is 53.0 Å². The fourth-order valence-electron chi connectivity index (χ4n) is 7.05. The molecule has 0 unspecified atom stereocenters. The van der Waals surface area contributed by atoms with Crippen LogP contribution in [0.3, 0.4) is 0 Å². The Morgan fingerprint density at radius 3 is 0.892 bits per heavy atom. The van der Waals surface area contributed by atoms with Gasteiger partial charge in [-0.05, 0) is 152 Å². The maximum absolute atomic E-state index is 12.6. The molecule has 2 N–H and O–H groups in total.